The molecule has 2 heterocycles. The normalized spacial score (nSPS) is 12.1. The van der Waals surface area contributed by atoms with Gasteiger partial charge in [-0.05, 0) is 42.6 Å². The molecule has 1 aromatic carbocycles. The fourth-order valence-electron chi connectivity index (χ4n) is 1.92. The maximum atomic E-state index is 5.87. The molecule has 6 heteroatoms. The van der Waals surface area contributed by atoms with Crippen molar-refractivity contribution in [1.29, 1.82) is 0 Å². The Morgan fingerprint density at radius 2 is 2.05 bits per heavy atom. The van der Waals surface area contributed by atoms with Crippen LogP contribution >= 0.6 is 38.6 Å². The van der Waals surface area contributed by atoms with Crippen LogP contribution < -0.4 is 10.1 Å². The third-order valence-corrected chi connectivity index (χ3v) is 5.02. The molecule has 114 valence electrons. The van der Waals surface area contributed by atoms with E-state index in [0.717, 1.165) is 21.0 Å². The first-order chi connectivity index (χ1) is 10.7. The van der Waals surface area contributed by atoms with E-state index in [4.69, 9.17) is 4.74 Å². The summed E-state index contributed by atoms with van der Waals surface area (Å²) in [5.74, 6) is 0.871. The molecule has 0 fully saturated rings. The van der Waals surface area contributed by atoms with E-state index in [1.54, 1.807) is 22.7 Å². The zero-order chi connectivity index (χ0) is 15.4. The van der Waals surface area contributed by atoms with Crippen LogP contribution in [0.2, 0.25) is 0 Å². The minimum Gasteiger partial charge on any atom is -0.489 e. The fourth-order valence-corrected chi connectivity index (χ4v) is 3.56. The lowest BCUT2D eigenvalue weighted by molar-refractivity contribution is 0.234. The van der Waals surface area contributed by atoms with Gasteiger partial charge in [0.25, 0.3) is 0 Å². The molecule has 3 rings (SSSR count). The molecule has 0 amide bonds. The Morgan fingerprint density at radius 1 is 1.23 bits per heavy atom. The Morgan fingerprint density at radius 3 is 2.77 bits per heavy atom. The van der Waals surface area contributed by atoms with Gasteiger partial charge >= 0.3 is 0 Å². The van der Waals surface area contributed by atoms with Gasteiger partial charge in [0.15, 0.2) is 5.13 Å². The number of thiazole rings is 1. The zero-order valence-corrected chi connectivity index (χ0v) is 15.2. The Labute approximate surface area is 146 Å². The molecule has 0 aliphatic rings. The minimum atomic E-state index is 0.0645. The average molecular weight is 395 g/mol. The van der Waals surface area contributed by atoms with Crippen LogP contribution in [0.25, 0.3) is 11.3 Å². The number of hydrogen-bond donors (Lipinski definition) is 1. The van der Waals surface area contributed by atoms with E-state index in [-0.39, 0.29) is 6.10 Å². The number of nitrogens with zero attached hydrogens (tertiary/aromatic N) is 1. The second-order valence-electron chi connectivity index (χ2n) is 4.81. The molecular formula is C16H15BrN2OS2. The SMILES string of the molecule is CC(CNc1nc(-c2ccsc2)cs1)Oc1ccc(Br)cc1. The Bertz CT molecular complexity index is 710. The number of nitrogens with one attached hydrogen (secondary N) is 1. The Kier molecular flexibility index (Phi) is 5.12. The van der Waals surface area contributed by atoms with Gasteiger partial charge in [0.2, 0.25) is 0 Å². The number of aromatic nitrogens is 1. The van der Waals surface area contributed by atoms with Crippen LogP contribution in [0.3, 0.4) is 0 Å². The number of thiophene rings is 1. The van der Waals surface area contributed by atoms with Gasteiger partial charge < -0.3 is 10.1 Å². The first-order valence-electron chi connectivity index (χ1n) is 6.85. The molecule has 0 radical (unpaired) electrons. The first-order valence-corrected chi connectivity index (χ1v) is 9.46. The monoisotopic (exact) mass is 394 g/mol. The van der Waals surface area contributed by atoms with E-state index in [0.29, 0.717) is 6.54 Å². The van der Waals surface area contributed by atoms with E-state index in [2.05, 4.69) is 48.4 Å². The standard InChI is InChI=1S/C16H15BrN2OS2/c1-11(20-14-4-2-13(17)3-5-14)8-18-16-19-15(10-22-16)12-6-7-21-9-12/h2-7,9-11H,8H2,1H3,(H,18,19). The molecule has 0 saturated carbocycles. The number of rotatable bonds is 6. The summed E-state index contributed by atoms with van der Waals surface area (Å²) in [5, 5.41) is 10.5. The van der Waals surface area contributed by atoms with Crippen molar-refractivity contribution < 1.29 is 4.74 Å². The maximum absolute atomic E-state index is 5.87. The van der Waals surface area contributed by atoms with Crippen molar-refractivity contribution in [3.63, 3.8) is 0 Å². The van der Waals surface area contributed by atoms with Gasteiger partial charge in [-0.15, -0.1) is 11.3 Å². The Hall–Kier alpha value is -1.37. The largest absolute Gasteiger partial charge is 0.489 e. The van der Waals surface area contributed by atoms with E-state index >= 15 is 0 Å². The van der Waals surface area contributed by atoms with Gasteiger partial charge in [-0.25, -0.2) is 4.98 Å². The molecule has 1 unspecified atom stereocenters. The lowest BCUT2D eigenvalue weighted by atomic mass is 10.3. The molecule has 0 spiro atoms. The molecule has 0 aliphatic carbocycles. The summed E-state index contributed by atoms with van der Waals surface area (Å²) in [6.45, 7) is 2.76. The van der Waals surface area contributed by atoms with Crippen LogP contribution in [0.5, 0.6) is 5.75 Å². The summed E-state index contributed by atoms with van der Waals surface area (Å²) in [5.41, 5.74) is 2.20. The summed E-state index contributed by atoms with van der Waals surface area (Å²) in [4.78, 5) is 4.60. The summed E-state index contributed by atoms with van der Waals surface area (Å²) < 4.78 is 6.92. The lowest BCUT2D eigenvalue weighted by Crippen LogP contribution is -2.22. The highest BCUT2D eigenvalue weighted by Gasteiger charge is 2.08. The second kappa shape index (κ2) is 7.26. The van der Waals surface area contributed by atoms with Gasteiger partial charge in [0.1, 0.15) is 11.9 Å². The quantitative estimate of drug-likeness (QED) is 0.597. The lowest BCUT2D eigenvalue weighted by Gasteiger charge is -2.15. The van der Waals surface area contributed by atoms with Crippen molar-refractivity contribution in [2.75, 3.05) is 11.9 Å². The highest BCUT2D eigenvalue weighted by atomic mass is 79.9. The van der Waals surface area contributed by atoms with Gasteiger partial charge in [-0.3, -0.25) is 0 Å². The van der Waals surface area contributed by atoms with Crippen LogP contribution in [-0.4, -0.2) is 17.6 Å². The third kappa shape index (κ3) is 4.09. The maximum Gasteiger partial charge on any atom is 0.183 e. The van der Waals surface area contributed by atoms with Crippen molar-refractivity contribution in [1.82, 2.24) is 4.98 Å². The number of benzene rings is 1. The minimum absolute atomic E-state index is 0.0645. The van der Waals surface area contributed by atoms with E-state index in [1.165, 1.54) is 5.56 Å². The third-order valence-electron chi connectivity index (χ3n) is 3.01. The number of ether oxygens (including phenoxy) is 1. The van der Waals surface area contributed by atoms with Crippen molar-refractivity contribution in [2.24, 2.45) is 0 Å². The predicted molar refractivity (Wildman–Crippen MR) is 98.1 cm³/mol. The van der Waals surface area contributed by atoms with Crippen LogP contribution in [0.1, 0.15) is 6.92 Å². The smallest absolute Gasteiger partial charge is 0.183 e. The molecule has 0 aliphatic heterocycles. The highest BCUT2D eigenvalue weighted by Crippen LogP contribution is 2.26. The fraction of sp³-hybridized carbons (Fsp3) is 0.188. The Balaban J connectivity index is 1.52. The predicted octanol–water partition coefficient (Wildman–Crippen LogP) is 5.51. The van der Waals surface area contributed by atoms with Gasteiger partial charge in [0, 0.05) is 20.8 Å². The molecule has 2 aromatic heterocycles. The topological polar surface area (TPSA) is 34.2 Å². The first kappa shape index (κ1) is 15.5. The van der Waals surface area contributed by atoms with Crippen LogP contribution in [0.4, 0.5) is 5.13 Å². The average Bonchev–Trinajstić information content (AvgIpc) is 3.18. The molecular weight excluding hydrogens is 380 g/mol. The molecule has 1 N–H and O–H groups in total. The summed E-state index contributed by atoms with van der Waals surface area (Å²) in [6.07, 6.45) is 0.0645. The summed E-state index contributed by atoms with van der Waals surface area (Å²) in [7, 11) is 0. The van der Waals surface area contributed by atoms with E-state index in [9.17, 15) is 0 Å². The molecule has 1 atom stereocenters. The van der Waals surface area contributed by atoms with Crippen molar-refractivity contribution in [3.05, 3.63) is 50.9 Å². The van der Waals surface area contributed by atoms with Crippen LogP contribution in [0, 0.1) is 0 Å². The van der Waals surface area contributed by atoms with Gasteiger partial charge in [-0.2, -0.15) is 11.3 Å². The second-order valence-corrected chi connectivity index (χ2v) is 7.37. The molecule has 0 saturated heterocycles. The number of anilines is 1. The van der Waals surface area contributed by atoms with E-state index in [1.807, 2.05) is 31.2 Å². The number of hydrogen-bond acceptors (Lipinski definition) is 5. The highest BCUT2D eigenvalue weighted by molar-refractivity contribution is 9.10. The van der Waals surface area contributed by atoms with Crippen molar-refractivity contribution in [3.8, 4) is 17.0 Å². The molecule has 0 bridgehead atoms. The van der Waals surface area contributed by atoms with Gasteiger partial charge in [-0.1, -0.05) is 15.9 Å². The summed E-state index contributed by atoms with van der Waals surface area (Å²) >= 11 is 6.72. The van der Waals surface area contributed by atoms with Crippen molar-refractivity contribution in [2.45, 2.75) is 13.0 Å². The molecule has 3 nitrogen and oxygen atoms in total. The number of halogens is 1. The van der Waals surface area contributed by atoms with Gasteiger partial charge in [0.05, 0.1) is 12.2 Å². The van der Waals surface area contributed by atoms with Crippen molar-refractivity contribution >= 4 is 43.7 Å². The van der Waals surface area contributed by atoms with E-state index < -0.39 is 0 Å². The summed E-state index contributed by atoms with van der Waals surface area (Å²) in [6, 6.07) is 9.95. The zero-order valence-electron chi connectivity index (χ0n) is 12.0. The molecule has 22 heavy (non-hydrogen) atoms. The molecule has 3 aromatic rings. The van der Waals surface area contributed by atoms with Crippen LogP contribution in [-0.2, 0) is 0 Å². The van der Waals surface area contributed by atoms with Crippen LogP contribution in [0.15, 0.2) is 50.9 Å².